The summed E-state index contributed by atoms with van der Waals surface area (Å²) in [5.74, 6) is -0.250. The molecule has 146 valence electrons. The molecule has 0 saturated carbocycles. The summed E-state index contributed by atoms with van der Waals surface area (Å²) in [7, 11) is 0. The third kappa shape index (κ3) is 3.50. The summed E-state index contributed by atoms with van der Waals surface area (Å²) in [5, 5.41) is 0. The molecule has 0 aliphatic carbocycles. The van der Waals surface area contributed by atoms with Gasteiger partial charge in [-0.3, -0.25) is 19.3 Å². The van der Waals surface area contributed by atoms with Crippen LogP contribution in [-0.2, 0) is 6.54 Å². The lowest BCUT2D eigenvalue weighted by atomic mass is 10.1. The van der Waals surface area contributed by atoms with Gasteiger partial charge in [-0.05, 0) is 50.6 Å². The van der Waals surface area contributed by atoms with Crippen molar-refractivity contribution in [3.8, 4) is 5.75 Å². The van der Waals surface area contributed by atoms with Crippen molar-refractivity contribution in [2.75, 3.05) is 19.7 Å². The van der Waals surface area contributed by atoms with E-state index in [9.17, 15) is 14.4 Å². The number of imide groups is 1. The van der Waals surface area contributed by atoms with Crippen molar-refractivity contribution in [2.45, 2.75) is 27.3 Å². The largest absolute Gasteiger partial charge is 0.493 e. The van der Waals surface area contributed by atoms with Gasteiger partial charge >= 0.3 is 0 Å². The fourth-order valence-corrected chi connectivity index (χ4v) is 3.37. The van der Waals surface area contributed by atoms with Gasteiger partial charge in [0.1, 0.15) is 5.75 Å². The number of hydrogen-bond acceptors (Lipinski definition) is 4. The first-order valence-corrected chi connectivity index (χ1v) is 9.51. The van der Waals surface area contributed by atoms with Crippen LogP contribution in [0.15, 0.2) is 42.5 Å². The molecule has 0 N–H and O–H groups in total. The van der Waals surface area contributed by atoms with Crippen LogP contribution < -0.4 is 4.74 Å². The van der Waals surface area contributed by atoms with Crippen LogP contribution in [0.1, 0.15) is 57.4 Å². The summed E-state index contributed by atoms with van der Waals surface area (Å²) < 4.78 is 5.62. The van der Waals surface area contributed by atoms with Crippen LogP contribution in [0.25, 0.3) is 0 Å². The zero-order chi connectivity index (χ0) is 20.3. The average molecular weight is 380 g/mol. The average Bonchev–Trinajstić information content (AvgIpc) is 2.95. The van der Waals surface area contributed by atoms with E-state index in [1.165, 1.54) is 4.90 Å². The fourth-order valence-electron chi connectivity index (χ4n) is 3.37. The Morgan fingerprint density at radius 1 is 0.964 bits per heavy atom. The zero-order valence-corrected chi connectivity index (χ0v) is 16.4. The Morgan fingerprint density at radius 3 is 2.11 bits per heavy atom. The van der Waals surface area contributed by atoms with Crippen molar-refractivity contribution in [2.24, 2.45) is 0 Å². The molecule has 2 aromatic rings. The van der Waals surface area contributed by atoms with Crippen molar-refractivity contribution in [3.05, 3.63) is 64.7 Å². The second-order valence-electron chi connectivity index (χ2n) is 6.48. The topological polar surface area (TPSA) is 66.9 Å². The number of rotatable bonds is 7. The van der Waals surface area contributed by atoms with Crippen LogP contribution in [0.3, 0.4) is 0 Å². The Bertz CT molecular complexity index is 884. The maximum absolute atomic E-state index is 12.9. The third-order valence-electron chi connectivity index (χ3n) is 4.84. The first-order chi connectivity index (χ1) is 13.5. The first kappa shape index (κ1) is 19.6. The van der Waals surface area contributed by atoms with Gasteiger partial charge in [0.05, 0.1) is 29.8 Å². The van der Waals surface area contributed by atoms with E-state index in [4.69, 9.17) is 4.74 Å². The van der Waals surface area contributed by atoms with E-state index < -0.39 is 0 Å². The maximum Gasteiger partial charge on any atom is 0.261 e. The summed E-state index contributed by atoms with van der Waals surface area (Å²) in [6.07, 6.45) is 0. The molecule has 6 heteroatoms. The standard InChI is InChI=1S/C22H24N2O4/c1-4-23(5-2)20(25)18-13-15(11-12-19(18)28-6-3)14-24-21(26)16-9-7-8-10-17(16)22(24)27/h7-13H,4-6,14H2,1-3H3. The second kappa shape index (κ2) is 8.25. The molecule has 3 rings (SSSR count). The van der Waals surface area contributed by atoms with Gasteiger partial charge in [-0.1, -0.05) is 18.2 Å². The highest BCUT2D eigenvalue weighted by Gasteiger charge is 2.35. The number of fused-ring (bicyclic) bond motifs is 1. The number of hydrogen-bond donors (Lipinski definition) is 0. The molecule has 1 aliphatic rings. The fraction of sp³-hybridized carbons (Fsp3) is 0.318. The van der Waals surface area contributed by atoms with Crippen LogP contribution in [0.2, 0.25) is 0 Å². The van der Waals surface area contributed by atoms with E-state index in [1.54, 1.807) is 47.4 Å². The van der Waals surface area contributed by atoms with Crippen molar-refractivity contribution in [1.29, 1.82) is 0 Å². The molecule has 0 aromatic heterocycles. The van der Waals surface area contributed by atoms with Crippen molar-refractivity contribution < 1.29 is 19.1 Å². The molecule has 0 unspecified atom stereocenters. The smallest absolute Gasteiger partial charge is 0.261 e. The Kier molecular flexibility index (Phi) is 5.78. The number of nitrogens with zero attached hydrogens (tertiary/aromatic N) is 2. The molecule has 6 nitrogen and oxygen atoms in total. The van der Waals surface area contributed by atoms with E-state index in [0.717, 1.165) is 0 Å². The second-order valence-corrected chi connectivity index (χ2v) is 6.48. The minimum Gasteiger partial charge on any atom is -0.493 e. The molecule has 0 bridgehead atoms. The summed E-state index contributed by atoms with van der Waals surface area (Å²) >= 11 is 0. The highest BCUT2D eigenvalue weighted by molar-refractivity contribution is 6.21. The van der Waals surface area contributed by atoms with Crippen LogP contribution in [-0.4, -0.2) is 47.2 Å². The normalized spacial score (nSPS) is 12.9. The van der Waals surface area contributed by atoms with Crippen molar-refractivity contribution in [3.63, 3.8) is 0 Å². The lowest BCUT2D eigenvalue weighted by Gasteiger charge is -2.21. The number of carbonyl (C=O) groups excluding carboxylic acids is 3. The van der Waals surface area contributed by atoms with Gasteiger partial charge in [0.25, 0.3) is 17.7 Å². The van der Waals surface area contributed by atoms with Crippen molar-refractivity contribution in [1.82, 2.24) is 9.80 Å². The summed E-state index contributed by atoms with van der Waals surface area (Å²) in [4.78, 5) is 41.0. The molecule has 0 fully saturated rings. The molecule has 0 atom stereocenters. The predicted molar refractivity (Wildman–Crippen MR) is 106 cm³/mol. The molecule has 2 aromatic carbocycles. The summed E-state index contributed by atoms with van der Waals surface area (Å²) in [6.45, 7) is 7.42. The van der Waals surface area contributed by atoms with Crippen LogP contribution in [0, 0.1) is 0 Å². The van der Waals surface area contributed by atoms with Gasteiger partial charge in [0.15, 0.2) is 0 Å². The molecular weight excluding hydrogens is 356 g/mol. The Labute approximate surface area is 164 Å². The molecular formula is C22H24N2O4. The summed E-state index contributed by atoms with van der Waals surface area (Å²) in [5.41, 5.74) is 1.98. The van der Waals surface area contributed by atoms with Crippen LogP contribution >= 0.6 is 0 Å². The van der Waals surface area contributed by atoms with Gasteiger partial charge in [-0.15, -0.1) is 0 Å². The van der Waals surface area contributed by atoms with E-state index in [-0.39, 0.29) is 24.3 Å². The Morgan fingerprint density at radius 2 is 1.57 bits per heavy atom. The molecule has 0 radical (unpaired) electrons. The minimum absolute atomic E-state index is 0.108. The number of benzene rings is 2. The molecule has 0 saturated heterocycles. The van der Waals surface area contributed by atoms with E-state index in [1.807, 2.05) is 20.8 Å². The summed E-state index contributed by atoms with van der Waals surface area (Å²) in [6, 6.07) is 12.0. The molecule has 0 spiro atoms. The van der Waals surface area contributed by atoms with E-state index >= 15 is 0 Å². The highest BCUT2D eigenvalue weighted by Crippen LogP contribution is 2.27. The SMILES string of the molecule is CCOc1ccc(CN2C(=O)c3ccccc3C2=O)cc1C(=O)N(CC)CC. The molecule has 1 heterocycles. The van der Waals surface area contributed by atoms with E-state index in [0.29, 0.717) is 47.7 Å². The molecule has 1 aliphatic heterocycles. The van der Waals surface area contributed by atoms with Gasteiger partial charge in [0, 0.05) is 13.1 Å². The minimum atomic E-state index is -0.314. The molecule has 3 amide bonds. The van der Waals surface area contributed by atoms with Gasteiger partial charge in [-0.25, -0.2) is 0 Å². The van der Waals surface area contributed by atoms with Crippen molar-refractivity contribution >= 4 is 17.7 Å². The maximum atomic E-state index is 12.9. The number of ether oxygens (including phenoxy) is 1. The lowest BCUT2D eigenvalue weighted by Crippen LogP contribution is -2.31. The van der Waals surface area contributed by atoms with Crippen LogP contribution in [0.4, 0.5) is 0 Å². The van der Waals surface area contributed by atoms with Crippen LogP contribution in [0.5, 0.6) is 5.75 Å². The predicted octanol–water partition coefficient (Wildman–Crippen LogP) is 3.36. The number of amides is 3. The first-order valence-electron chi connectivity index (χ1n) is 9.51. The number of carbonyl (C=O) groups is 3. The van der Waals surface area contributed by atoms with E-state index in [2.05, 4.69) is 0 Å². The Balaban J connectivity index is 1.91. The van der Waals surface area contributed by atoms with Gasteiger partial charge < -0.3 is 9.64 Å². The monoisotopic (exact) mass is 380 g/mol. The zero-order valence-electron chi connectivity index (χ0n) is 16.4. The third-order valence-corrected chi connectivity index (χ3v) is 4.84. The molecule has 28 heavy (non-hydrogen) atoms. The lowest BCUT2D eigenvalue weighted by molar-refractivity contribution is 0.0642. The highest BCUT2D eigenvalue weighted by atomic mass is 16.5. The Hall–Kier alpha value is -3.15. The van der Waals surface area contributed by atoms with Gasteiger partial charge in [0.2, 0.25) is 0 Å². The quantitative estimate of drug-likeness (QED) is 0.691. The van der Waals surface area contributed by atoms with Gasteiger partial charge in [-0.2, -0.15) is 0 Å².